The predicted molar refractivity (Wildman–Crippen MR) is 27.9 cm³/mol. The molecule has 0 atom stereocenters. The van der Waals surface area contributed by atoms with Gasteiger partial charge in [-0.15, -0.1) is 0 Å². The van der Waals surface area contributed by atoms with E-state index in [9.17, 15) is 10.1 Å². The zero-order valence-electron chi connectivity index (χ0n) is 4.68. The molecule has 0 aliphatic rings. The molecule has 4 heteroatoms. The average molecular weight is 112 g/mol. The third kappa shape index (κ3) is 10.7. The van der Waals surface area contributed by atoms with Gasteiger partial charge in [-0.1, -0.05) is 6.92 Å². The maximum absolute atomic E-state index is 9.40. The zero-order valence-corrected chi connectivity index (χ0v) is 6.68. The Morgan fingerprint density at radius 3 is 2.14 bits per heavy atom. The summed E-state index contributed by atoms with van der Waals surface area (Å²) in [5.74, 6) is 0. The van der Waals surface area contributed by atoms with Gasteiger partial charge in [0.25, 0.3) is 0 Å². The van der Waals surface area contributed by atoms with Gasteiger partial charge in [0.15, 0.2) is 0 Å². The van der Waals surface area contributed by atoms with Crippen LogP contribution in [0.25, 0.3) is 0 Å². The molecule has 0 aromatic rings. The van der Waals surface area contributed by atoms with Crippen molar-refractivity contribution < 1.29 is 4.92 Å². The first-order valence-electron chi connectivity index (χ1n) is 1.89. The molecule has 0 aromatic heterocycles. The number of hydrogen-bond acceptors (Lipinski definition) is 2. The van der Waals surface area contributed by atoms with E-state index < -0.39 is 0 Å². The molecule has 0 saturated heterocycles. The van der Waals surface area contributed by atoms with Crippen molar-refractivity contribution in [2.45, 2.75) is 13.3 Å². The summed E-state index contributed by atoms with van der Waals surface area (Å²) < 4.78 is 0. The second-order valence-corrected chi connectivity index (χ2v) is 1.06. The number of hydrogen-bond donors (Lipinski definition) is 0. The van der Waals surface area contributed by atoms with Gasteiger partial charge in [0, 0.05) is 40.9 Å². The molecular formula is C3H7NNaO2. The summed E-state index contributed by atoms with van der Waals surface area (Å²) in [7, 11) is 0. The Kier molecular flexibility index (Phi) is 9.50. The molecule has 0 saturated carbocycles. The van der Waals surface area contributed by atoms with Crippen LogP contribution < -0.4 is 0 Å². The summed E-state index contributed by atoms with van der Waals surface area (Å²) in [6, 6.07) is 0. The van der Waals surface area contributed by atoms with Crippen LogP contribution in [-0.4, -0.2) is 41.0 Å². The van der Waals surface area contributed by atoms with Crippen LogP contribution in [0.1, 0.15) is 13.3 Å². The Labute approximate surface area is 64.5 Å². The minimum absolute atomic E-state index is 0. The summed E-state index contributed by atoms with van der Waals surface area (Å²) in [4.78, 5) is 9.09. The smallest absolute Gasteiger partial charge is 0.203 e. The Hall–Kier alpha value is 0.400. The van der Waals surface area contributed by atoms with E-state index in [2.05, 4.69) is 0 Å². The van der Waals surface area contributed by atoms with Crippen molar-refractivity contribution in [2.24, 2.45) is 0 Å². The van der Waals surface area contributed by atoms with Crippen LogP contribution in [0.2, 0.25) is 0 Å². The van der Waals surface area contributed by atoms with E-state index in [-0.39, 0.29) is 41.0 Å². The largest absolute Gasteiger partial charge is 0.265 e. The van der Waals surface area contributed by atoms with Crippen LogP contribution in [0.5, 0.6) is 0 Å². The molecule has 37 valence electrons. The van der Waals surface area contributed by atoms with Crippen LogP contribution in [0.4, 0.5) is 0 Å². The first-order valence-corrected chi connectivity index (χ1v) is 1.89. The maximum atomic E-state index is 9.40. The topological polar surface area (TPSA) is 43.1 Å². The Balaban J connectivity index is 0. The quantitative estimate of drug-likeness (QED) is 0.293. The first-order chi connectivity index (χ1) is 2.77. The summed E-state index contributed by atoms with van der Waals surface area (Å²) in [5, 5.41) is 9.40. The molecule has 0 aliphatic heterocycles. The Morgan fingerprint density at radius 1 is 1.71 bits per heavy atom. The average Bonchev–Trinajstić information content (AvgIpc) is 1.35. The van der Waals surface area contributed by atoms with Crippen molar-refractivity contribution in [1.82, 2.24) is 0 Å². The van der Waals surface area contributed by atoms with E-state index in [0.717, 1.165) is 0 Å². The molecule has 0 heterocycles. The fourth-order valence-corrected chi connectivity index (χ4v) is 0.183. The van der Waals surface area contributed by atoms with E-state index in [0.29, 0.717) is 6.42 Å². The maximum Gasteiger partial charge on any atom is 0.203 e. The number of nitrogens with zero attached hydrogens (tertiary/aromatic N) is 1. The second kappa shape index (κ2) is 6.40. The molecule has 0 unspecified atom stereocenters. The van der Waals surface area contributed by atoms with Gasteiger partial charge in [0.2, 0.25) is 6.54 Å². The van der Waals surface area contributed by atoms with Crippen molar-refractivity contribution in [1.29, 1.82) is 0 Å². The molecule has 0 fully saturated rings. The molecule has 0 rings (SSSR count). The Bertz CT molecular complexity index is 56.9. The van der Waals surface area contributed by atoms with Crippen LogP contribution >= 0.6 is 0 Å². The SMILES string of the molecule is CCC[N+](=O)[O-].[Na]. The minimum atomic E-state index is -0.319. The van der Waals surface area contributed by atoms with Crippen LogP contribution in [0.3, 0.4) is 0 Å². The first kappa shape index (κ1) is 10.4. The van der Waals surface area contributed by atoms with E-state index in [1.165, 1.54) is 0 Å². The summed E-state index contributed by atoms with van der Waals surface area (Å²) in [6.07, 6.45) is 0.632. The molecule has 0 aliphatic carbocycles. The van der Waals surface area contributed by atoms with Crippen molar-refractivity contribution >= 4 is 29.6 Å². The van der Waals surface area contributed by atoms with E-state index >= 15 is 0 Å². The predicted octanol–water partition coefficient (Wildman–Crippen LogP) is 0.292. The number of rotatable bonds is 2. The van der Waals surface area contributed by atoms with E-state index in [4.69, 9.17) is 0 Å². The molecule has 0 spiro atoms. The van der Waals surface area contributed by atoms with Crippen LogP contribution in [0, 0.1) is 10.1 Å². The van der Waals surface area contributed by atoms with Crippen molar-refractivity contribution in [3.63, 3.8) is 0 Å². The molecular weight excluding hydrogens is 105 g/mol. The van der Waals surface area contributed by atoms with E-state index in [1.807, 2.05) is 0 Å². The molecule has 0 aromatic carbocycles. The van der Waals surface area contributed by atoms with Gasteiger partial charge in [-0.25, -0.2) is 0 Å². The molecule has 0 N–H and O–H groups in total. The fraction of sp³-hybridized carbons (Fsp3) is 1.00. The molecule has 0 bridgehead atoms. The van der Waals surface area contributed by atoms with Gasteiger partial charge in [0.05, 0.1) is 0 Å². The molecule has 0 amide bonds. The summed E-state index contributed by atoms with van der Waals surface area (Å²) in [5.41, 5.74) is 0. The van der Waals surface area contributed by atoms with Crippen molar-refractivity contribution in [3.05, 3.63) is 10.1 Å². The monoisotopic (exact) mass is 112 g/mol. The molecule has 1 radical (unpaired) electrons. The van der Waals surface area contributed by atoms with Gasteiger partial charge in [-0.05, 0) is 0 Å². The van der Waals surface area contributed by atoms with Crippen LogP contribution in [0.15, 0.2) is 0 Å². The third-order valence-electron chi connectivity index (χ3n) is 0.406. The Morgan fingerprint density at radius 2 is 2.14 bits per heavy atom. The third-order valence-corrected chi connectivity index (χ3v) is 0.406. The fourth-order valence-electron chi connectivity index (χ4n) is 0.183. The molecule has 3 nitrogen and oxygen atoms in total. The number of nitro groups is 1. The normalized spacial score (nSPS) is 7.00. The van der Waals surface area contributed by atoms with Gasteiger partial charge >= 0.3 is 0 Å². The van der Waals surface area contributed by atoms with Gasteiger partial charge in [-0.2, -0.15) is 0 Å². The molecule has 7 heavy (non-hydrogen) atoms. The van der Waals surface area contributed by atoms with Gasteiger partial charge in [0.1, 0.15) is 0 Å². The van der Waals surface area contributed by atoms with E-state index in [1.54, 1.807) is 6.92 Å². The van der Waals surface area contributed by atoms with Gasteiger partial charge in [-0.3, -0.25) is 10.1 Å². The minimum Gasteiger partial charge on any atom is -0.265 e. The van der Waals surface area contributed by atoms with Crippen molar-refractivity contribution in [3.8, 4) is 0 Å². The summed E-state index contributed by atoms with van der Waals surface area (Å²) in [6.45, 7) is 1.88. The van der Waals surface area contributed by atoms with Gasteiger partial charge < -0.3 is 0 Å². The second-order valence-electron chi connectivity index (χ2n) is 1.06. The summed E-state index contributed by atoms with van der Waals surface area (Å²) >= 11 is 0. The standard InChI is InChI=1S/C3H7NO2.Na/c1-2-3-4(5)6;/h2-3H2,1H3;. The van der Waals surface area contributed by atoms with Crippen LogP contribution in [-0.2, 0) is 0 Å². The van der Waals surface area contributed by atoms with Crippen molar-refractivity contribution in [2.75, 3.05) is 6.54 Å². The zero-order chi connectivity index (χ0) is 4.99.